The molecule has 1 aromatic carbocycles. The van der Waals surface area contributed by atoms with E-state index in [2.05, 4.69) is 19.2 Å². The fourth-order valence-corrected chi connectivity index (χ4v) is 2.59. The number of carbonyl (C=O) groups excluding carboxylic acids is 1. The van der Waals surface area contributed by atoms with Crippen molar-refractivity contribution in [3.05, 3.63) is 23.8 Å². The number of para-hydroxylation sites is 1. The zero-order valence-corrected chi connectivity index (χ0v) is 12.7. The maximum atomic E-state index is 12.0. The van der Waals surface area contributed by atoms with Gasteiger partial charge in [-0.05, 0) is 30.9 Å². The van der Waals surface area contributed by atoms with E-state index in [1.54, 1.807) is 0 Å². The van der Waals surface area contributed by atoms with E-state index in [4.69, 9.17) is 15.2 Å². The summed E-state index contributed by atoms with van der Waals surface area (Å²) < 4.78 is 10.7. The lowest BCUT2D eigenvalue weighted by atomic mass is 9.94. The second kappa shape index (κ2) is 7.31. The molecule has 1 aromatic rings. The topological polar surface area (TPSA) is 73.6 Å². The summed E-state index contributed by atoms with van der Waals surface area (Å²) in [5.74, 6) is 2.29. The molecular formula is C16H24N2O3. The van der Waals surface area contributed by atoms with Crippen LogP contribution in [0.2, 0.25) is 0 Å². The van der Waals surface area contributed by atoms with Crippen LogP contribution in [0.4, 0.5) is 0 Å². The van der Waals surface area contributed by atoms with Crippen LogP contribution in [0.1, 0.15) is 32.3 Å². The van der Waals surface area contributed by atoms with Crippen molar-refractivity contribution in [2.24, 2.45) is 17.6 Å². The van der Waals surface area contributed by atoms with Gasteiger partial charge in [-0.3, -0.25) is 4.79 Å². The summed E-state index contributed by atoms with van der Waals surface area (Å²) in [5.41, 5.74) is 6.67. The Morgan fingerprint density at radius 2 is 2.19 bits per heavy atom. The average Bonchev–Trinajstić information content (AvgIpc) is 2.92. The molecule has 5 heteroatoms. The molecule has 0 unspecified atom stereocenters. The lowest BCUT2D eigenvalue weighted by Crippen LogP contribution is -2.28. The Hall–Kier alpha value is -1.75. The quantitative estimate of drug-likeness (QED) is 0.806. The Labute approximate surface area is 125 Å². The molecule has 1 aliphatic rings. The molecule has 0 aliphatic carbocycles. The molecule has 5 nitrogen and oxygen atoms in total. The Kier molecular flexibility index (Phi) is 5.44. The van der Waals surface area contributed by atoms with Crippen LogP contribution >= 0.6 is 0 Å². The van der Waals surface area contributed by atoms with Crippen LogP contribution in [0, 0.1) is 11.8 Å². The van der Waals surface area contributed by atoms with Crippen molar-refractivity contribution in [3.63, 3.8) is 0 Å². The van der Waals surface area contributed by atoms with Crippen molar-refractivity contribution in [2.45, 2.75) is 33.2 Å². The molecule has 0 spiro atoms. The summed E-state index contributed by atoms with van der Waals surface area (Å²) in [6.07, 6.45) is 1.45. The van der Waals surface area contributed by atoms with E-state index in [0.717, 1.165) is 23.5 Å². The van der Waals surface area contributed by atoms with Gasteiger partial charge in [0.2, 0.25) is 12.7 Å². The number of hydrogen-bond donors (Lipinski definition) is 2. The molecule has 0 radical (unpaired) electrons. The molecule has 3 N–H and O–H groups in total. The molecular weight excluding hydrogens is 268 g/mol. The fraction of sp³-hybridized carbons (Fsp3) is 0.562. The van der Waals surface area contributed by atoms with Crippen LogP contribution in [0.25, 0.3) is 0 Å². The fourth-order valence-electron chi connectivity index (χ4n) is 2.59. The largest absolute Gasteiger partial charge is 0.454 e. The van der Waals surface area contributed by atoms with Crippen molar-refractivity contribution in [1.29, 1.82) is 0 Å². The Morgan fingerprint density at radius 1 is 1.38 bits per heavy atom. The third-order valence-corrected chi connectivity index (χ3v) is 3.57. The molecule has 0 saturated carbocycles. The highest BCUT2D eigenvalue weighted by Gasteiger charge is 2.18. The van der Waals surface area contributed by atoms with Gasteiger partial charge in [-0.1, -0.05) is 26.0 Å². The van der Waals surface area contributed by atoms with E-state index in [-0.39, 0.29) is 18.6 Å². The van der Waals surface area contributed by atoms with Crippen LogP contribution in [-0.2, 0) is 11.3 Å². The third kappa shape index (κ3) is 4.36. The molecule has 0 bridgehead atoms. The van der Waals surface area contributed by atoms with Crippen LogP contribution in [0.3, 0.4) is 0 Å². The summed E-state index contributed by atoms with van der Waals surface area (Å²) in [5, 5.41) is 2.94. The van der Waals surface area contributed by atoms with Crippen LogP contribution < -0.4 is 20.5 Å². The van der Waals surface area contributed by atoms with Crippen LogP contribution in [-0.4, -0.2) is 19.2 Å². The van der Waals surface area contributed by atoms with Gasteiger partial charge in [0.25, 0.3) is 0 Å². The van der Waals surface area contributed by atoms with Gasteiger partial charge in [0.15, 0.2) is 11.5 Å². The summed E-state index contributed by atoms with van der Waals surface area (Å²) in [6, 6.07) is 5.69. The van der Waals surface area contributed by atoms with Gasteiger partial charge < -0.3 is 20.5 Å². The van der Waals surface area contributed by atoms with Gasteiger partial charge in [-0.25, -0.2) is 0 Å². The van der Waals surface area contributed by atoms with Gasteiger partial charge in [0, 0.05) is 18.5 Å². The van der Waals surface area contributed by atoms with E-state index < -0.39 is 0 Å². The first kappa shape index (κ1) is 15.6. The Morgan fingerprint density at radius 3 is 2.90 bits per heavy atom. The molecule has 1 aliphatic heterocycles. The number of fused-ring (bicyclic) bond motifs is 1. The van der Waals surface area contributed by atoms with E-state index >= 15 is 0 Å². The highest BCUT2D eigenvalue weighted by Crippen LogP contribution is 2.35. The molecule has 0 saturated heterocycles. The predicted molar refractivity (Wildman–Crippen MR) is 81.0 cm³/mol. The number of ether oxygens (including phenoxy) is 2. The summed E-state index contributed by atoms with van der Waals surface area (Å²) in [7, 11) is 0. The molecule has 1 amide bonds. The summed E-state index contributed by atoms with van der Waals surface area (Å²) >= 11 is 0. The lowest BCUT2D eigenvalue weighted by Gasteiger charge is -2.16. The normalized spacial score (nSPS) is 14.3. The maximum Gasteiger partial charge on any atom is 0.231 e. The highest BCUT2D eigenvalue weighted by atomic mass is 16.7. The lowest BCUT2D eigenvalue weighted by molar-refractivity contribution is -0.122. The second-order valence-corrected chi connectivity index (χ2v) is 5.86. The number of nitrogens with two attached hydrogens (primary N) is 1. The minimum absolute atomic E-state index is 0.0302. The van der Waals surface area contributed by atoms with Crippen molar-refractivity contribution >= 4 is 5.91 Å². The zero-order chi connectivity index (χ0) is 15.2. The predicted octanol–water partition coefficient (Wildman–Crippen LogP) is 2.04. The summed E-state index contributed by atoms with van der Waals surface area (Å²) in [4.78, 5) is 12.0. The number of benzene rings is 1. The average molecular weight is 292 g/mol. The van der Waals surface area contributed by atoms with Crippen LogP contribution in [0.15, 0.2) is 18.2 Å². The number of carbonyl (C=O) groups is 1. The molecule has 0 fully saturated rings. The zero-order valence-electron chi connectivity index (χ0n) is 12.7. The second-order valence-electron chi connectivity index (χ2n) is 5.86. The third-order valence-electron chi connectivity index (χ3n) is 3.57. The van der Waals surface area contributed by atoms with E-state index in [1.807, 2.05) is 18.2 Å². The van der Waals surface area contributed by atoms with Gasteiger partial charge >= 0.3 is 0 Å². The van der Waals surface area contributed by atoms with E-state index in [0.29, 0.717) is 25.4 Å². The van der Waals surface area contributed by atoms with Gasteiger partial charge in [-0.15, -0.1) is 0 Å². The van der Waals surface area contributed by atoms with Gasteiger partial charge in [0.1, 0.15) is 0 Å². The molecule has 2 rings (SSSR count). The number of amides is 1. The van der Waals surface area contributed by atoms with Crippen molar-refractivity contribution in [2.75, 3.05) is 13.3 Å². The van der Waals surface area contributed by atoms with Gasteiger partial charge in [0.05, 0.1) is 0 Å². The van der Waals surface area contributed by atoms with Crippen molar-refractivity contribution < 1.29 is 14.3 Å². The standard InChI is InChI=1S/C16H24N2O3/c1-11(2)6-12(8-17)7-15(19)18-9-13-4-3-5-14-16(13)21-10-20-14/h3-5,11-12H,6-10,17H2,1-2H3,(H,18,19)/t12-/m0/s1. The number of rotatable bonds is 7. The van der Waals surface area contributed by atoms with Crippen molar-refractivity contribution in [3.8, 4) is 11.5 Å². The molecule has 1 heterocycles. The smallest absolute Gasteiger partial charge is 0.231 e. The first-order chi connectivity index (χ1) is 10.1. The number of nitrogens with one attached hydrogen (secondary N) is 1. The first-order valence-corrected chi connectivity index (χ1v) is 7.44. The SMILES string of the molecule is CC(C)C[C@H](CN)CC(=O)NCc1cccc2c1OCO2. The Balaban J connectivity index is 1.85. The number of hydrogen-bond acceptors (Lipinski definition) is 4. The van der Waals surface area contributed by atoms with Crippen LogP contribution in [0.5, 0.6) is 11.5 Å². The minimum Gasteiger partial charge on any atom is -0.454 e. The Bertz CT molecular complexity index is 488. The maximum absolute atomic E-state index is 12.0. The van der Waals surface area contributed by atoms with E-state index in [1.165, 1.54) is 0 Å². The summed E-state index contributed by atoms with van der Waals surface area (Å²) in [6.45, 7) is 5.52. The first-order valence-electron chi connectivity index (χ1n) is 7.44. The van der Waals surface area contributed by atoms with Crippen molar-refractivity contribution in [1.82, 2.24) is 5.32 Å². The van der Waals surface area contributed by atoms with Gasteiger partial charge in [-0.2, -0.15) is 0 Å². The minimum atomic E-state index is 0.0302. The molecule has 116 valence electrons. The molecule has 21 heavy (non-hydrogen) atoms. The molecule has 0 aromatic heterocycles. The highest BCUT2D eigenvalue weighted by molar-refractivity contribution is 5.76. The van der Waals surface area contributed by atoms with E-state index in [9.17, 15) is 4.79 Å². The monoisotopic (exact) mass is 292 g/mol. The molecule has 1 atom stereocenters.